The highest BCUT2D eigenvalue weighted by molar-refractivity contribution is 7.80. The SMILES string of the molecule is NC(=S)C1CCCN1Cc1cc(Cl)ccc1Cl. The van der Waals surface area contributed by atoms with Crippen molar-refractivity contribution >= 4 is 40.4 Å². The van der Waals surface area contributed by atoms with Gasteiger partial charge in [0.25, 0.3) is 0 Å². The minimum atomic E-state index is 0.194. The van der Waals surface area contributed by atoms with Gasteiger partial charge in [-0.05, 0) is 43.1 Å². The standard InChI is InChI=1S/C12H14Cl2N2S/c13-9-3-4-10(14)8(6-9)7-16-5-1-2-11(16)12(15)17/h3-4,6,11H,1-2,5,7H2,(H2,15,17). The normalized spacial score (nSPS) is 20.7. The molecule has 92 valence electrons. The molecule has 1 heterocycles. The summed E-state index contributed by atoms with van der Waals surface area (Å²) in [5.74, 6) is 0. The zero-order valence-corrected chi connectivity index (χ0v) is 11.7. The monoisotopic (exact) mass is 288 g/mol. The van der Waals surface area contributed by atoms with Crippen LogP contribution in [0.1, 0.15) is 18.4 Å². The molecule has 0 saturated carbocycles. The minimum absolute atomic E-state index is 0.194. The second-order valence-corrected chi connectivity index (χ2v) is 5.58. The molecule has 2 nitrogen and oxygen atoms in total. The lowest BCUT2D eigenvalue weighted by Crippen LogP contribution is -2.38. The van der Waals surface area contributed by atoms with Gasteiger partial charge in [0.15, 0.2) is 0 Å². The molecule has 0 spiro atoms. The third kappa shape index (κ3) is 3.10. The average molecular weight is 289 g/mol. The van der Waals surface area contributed by atoms with E-state index in [9.17, 15) is 0 Å². The molecule has 1 unspecified atom stereocenters. The van der Waals surface area contributed by atoms with Crippen molar-refractivity contribution in [3.05, 3.63) is 33.8 Å². The van der Waals surface area contributed by atoms with Crippen molar-refractivity contribution in [3.8, 4) is 0 Å². The molecule has 1 fully saturated rings. The summed E-state index contributed by atoms with van der Waals surface area (Å²) in [5, 5.41) is 1.44. The molecule has 1 atom stereocenters. The summed E-state index contributed by atoms with van der Waals surface area (Å²) in [6, 6.07) is 5.71. The molecule has 0 amide bonds. The Morgan fingerprint density at radius 2 is 2.24 bits per heavy atom. The molecular weight excluding hydrogens is 275 g/mol. The first-order valence-electron chi connectivity index (χ1n) is 5.55. The highest BCUT2D eigenvalue weighted by Gasteiger charge is 2.26. The third-order valence-corrected chi connectivity index (χ3v) is 3.95. The van der Waals surface area contributed by atoms with Gasteiger partial charge in [0, 0.05) is 16.6 Å². The molecule has 0 aliphatic carbocycles. The smallest absolute Gasteiger partial charge is 0.0902 e. The highest BCUT2D eigenvalue weighted by Crippen LogP contribution is 2.26. The van der Waals surface area contributed by atoms with E-state index >= 15 is 0 Å². The fourth-order valence-electron chi connectivity index (χ4n) is 2.22. The van der Waals surface area contributed by atoms with Crippen molar-refractivity contribution in [2.24, 2.45) is 5.73 Å². The Kier molecular flexibility index (Phi) is 4.26. The number of likely N-dealkylation sites (tertiary alicyclic amines) is 1. The summed E-state index contributed by atoms with van der Waals surface area (Å²) in [6.45, 7) is 1.76. The lowest BCUT2D eigenvalue weighted by molar-refractivity contribution is 0.295. The van der Waals surface area contributed by atoms with Gasteiger partial charge in [-0.15, -0.1) is 0 Å². The molecule has 0 aromatic heterocycles. The van der Waals surface area contributed by atoms with E-state index in [-0.39, 0.29) is 6.04 Å². The number of thiocarbonyl (C=S) groups is 1. The summed E-state index contributed by atoms with van der Waals surface area (Å²) in [5.41, 5.74) is 6.77. The van der Waals surface area contributed by atoms with E-state index in [1.807, 2.05) is 12.1 Å². The predicted octanol–water partition coefficient (Wildman–Crippen LogP) is 3.24. The molecule has 5 heteroatoms. The molecule has 1 aliphatic rings. The van der Waals surface area contributed by atoms with Gasteiger partial charge < -0.3 is 5.73 Å². The second-order valence-electron chi connectivity index (χ2n) is 4.27. The Hall–Kier alpha value is -0.350. The Bertz CT molecular complexity index is 437. The van der Waals surface area contributed by atoms with Crippen LogP contribution in [-0.4, -0.2) is 22.5 Å². The minimum Gasteiger partial charge on any atom is -0.392 e. The summed E-state index contributed by atoms with van der Waals surface area (Å²) >= 11 is 17.2. The molecule has 1 aromatic carbocycles. The van der Waals surface area contributed by atoms with Gasteiger partial charge in [0.2, 0.25) is 0 Å². The quantitative estimate of drug-likeness (QED) is 0.866. The van der Waals surface area contributed by atoms with Crippen molar-refractivity contribution in [1.82, 2.24) is 4.90 Å². The van der Waals surface area contributed by atoms with E-state index in [0.29, 0.717) is 10.0 Å². The van der Waals surface area contributed by atoms with Gasteiger partial charge in [-0.1, -0.05) is 35.4 Å². The van der Waals surface area contributed by atoms with Crippen molar-refractivity contribution in [2.45, 2.75) is 25.4 Å². The molecule has 2 N–H and O–H groups in total. The molecule has 17 heavy (non-hydrogen) atoms. The van der Waals surface area contributed by atoms with Crippen LogP contribution >= 0.6 is 35.4 Å². The van der Waals surface area contributed by atoms with Gasteiger partial charge in [-0.25, -0.2) is 0 Å². The number of hydrogen-bond donors (Lipinski definition) is 1. The maximum atomic E-state index is 6.15. The van der Waals surface area contributed by atoms with Crippen LogP contribution in [0.15, 0.2) is 18.2 Å². The average Bonchev–Trinajstić information content (AvgIpc) is 2.71. The maximum absolute atomic E-state index is 6.15. The van der Waals surface area contributed by atoms with Gasteiger partial charge in [0.05, 0.1) is 11.0 Å². The second kappa shape index (κ2) is 5.53. The molecular formula is C12H14Cl2N2S. The molecule has 1 aliphatic heterocycles. The zero-order chi connectivity index (χ0) is 12.4. The first kappa shape index (κ1) is 13.1. The number of nitrogens with zero attached hydrogens (tertiary/aromatic N) is 1. The Labute approximate surface area is 117 Å². The fraction of sp³-hybridized carbons (Fsp3) is 0.417. The van der Waals surface area contributed by atoms with Crippen LogP contribution in [-0.2, 0) is 6.54 Å². The van der Waals surface area contributed by atoms with E-state index in [1.54, 1.807) is 6.07 Å². The summed E-state index contributed by atoms with van der Waals surface area (Å²) in [7, 11) is 0. The summed E-state index contributed by atoms with van der Waals surface area (Å²) < 4.78 is 0. The highest BCUT2D eigenvalue weighted by atomic mass is 35.5. The van der Waals surface area contributed by atoms with Crippen molar-refractivity contribution in [2.75, 3.05) is 6.54 Å². The van der Waals surface area contributed by atoms with Crippen LogP contribution in [0.25, 0.3) is 0 Å². The number of halogens is 2. The van der Waals surface area contributed by atoms with Crippen LogP contribution in [0.4, 0.5) is 0 Å². The number of nitrogens with two attached hydrogens (primary N) is 1. The van der Waals surface area contributed by atoms with Crippen LogP contribution in [0.3, 0.4) is 0 Å². The molecule has 1 saturated heterocycles. The molecule has 0 radical (unpaired) electrons. The van der Waals surface area contributed by atoms with Crippen LogP contribution in [0.5, 0.6) is 0 Å². The first-order chi connectivity index (χ1) is 8.08. The summed E-state index contributed by atoms with van der Waals surface area (Å²) in [4.78, 5) is 2.83. The number of benzene rings is 1. The van der Waals surface area contributed by atoms with Crippen molar-refractivity contribution < 1.29 is 0 Å². The largest absolute Gasteiger partial charge is 0.392 e. The van der Waals surface area contributed by atoms with Gasteiger partial charge >= 0.3 is 0 Å². The molecule has 0 bridgehead atoms. The van der Waals surface area contributed by atoms with E-state index in [0.717, 1.165) is 36.5 Å². The topological polar surface area (TPSA) is 29.3 Å². The van der Waals surface area contributed by atoms with Gasteiger partial charge in [0.1, 0.15) is 0 Å². The maximum Gasteiger partial charge on any atom is 0.0902 e. The number of hydrogen-bond acceptors (Lipinski definition) is 2. The zero-order valence-electron chi connectivity index (χ0n) is 9.33. The van der Waals surface area contributed by atoms with Crippen LogP contribution < -0.4 is 5.73 Å². The first-order valence-corrected chi connectivity index (χ1v) is 6.71. The molecule has 1 aromatic rings. The number of rotatable bonds is 3. The van der Waals surface area contributed by atoms with Gasteiger partial charge in [-0.2, -0.15) is 0 Å². The van der Waals surface area contributed by atoms with E-state index in [1.165, 1.54) is 0 Å². The fourth-order valence-corrected chi connectivity index (χ4v) is 2.86. The molecule has 2 rings (SSSR count). The van der Waals surface area contributed by atoms with Crippen LogP contribution in [0.2, 0.25) is 10.0 Å². The Morgan fingerprint density at radius 1 is 1.47 bits per heavy atom. The lowest BCUT2D eigenvalue weighted by Gasteiger charge is -2.23. The van der Waals surface area contributed by atoms with E-state index < -0.39 is 0 Å². The lowest BCUT2D eigenvalue weighted by atomic mass is 10.2. The third-order valence-electron chi connectivity index (χ3n) is 3.07. The van der Waals surface area contributed by atoms with Gasteiger partial charge in [-0.3, -0.25) is 4.90 Å². The van der Waals surface area contributed by atoms with Crippen molar-refractivity contribution in [3.63, 3.8) is 0 Å². The van der Waals surface area contributed by atoms with E-state index in [4.69, 9.17) is 41.2 Å². The Balaban J connectivity index is 2.15. The van der Waals surface area contributed by atoms with Crippen molar-refractivity contribution in [1.29, 1.82) is 0 Å². The predicted molar refractivity (Wildman–Crippen MR) is 76.7 cm³/mol. The Morgan fingerprint density at radius 3 is 2.94 bits per heavy atom. The van der Waals surface area contributed by atoms with Crippen LogP contribution in [0, 0.1) is 0 Å². The van der Waals surface area contributed by atoms with E-state index in [2.05, 4.69) is 4.90 Å². The summed E-state index contributed by atoms with van der Waals surface area (Å²) in [6.07, 6.45) is 2.16.